The van der Waals surface area contributed by atoms with Crippen molar-refractivity contribution in [2.45, 2.75) is 19.9 Å². The minimum Gasteiger partial charge on any atom is -0.415 e. The lowest BCUT2D eigenvalue weighted by atomic mass is 10.1. The number of benzene rings is 2. The van der Waals surface area contributed by atoms with E-state index in [0.29, 0.717) is 17.0 Å². The molecule has 2 heterocycles. The Morgan fingerprint density at radius 1 is 1.07 bits per heavy atom. The van der Waals surface area contributed by atoms with Gasteiger partial charge in [-0.1, -0.05) is 36.4 Å². The van der Waals surface area contributed by atoms with Gasteiger partial charge in [0.1, 0.15) is 11.6 Å². The number of hydrogen-bond donors (Lipinski definition) is 0. The summed E-state index contributed by atoms with van der Waals surface area (Å²) in [6.07, 6.45) is -1.41. The Labute approximate surface area is 168 Å². The summed E-state index contributed by atoms with van der Waals surface area (Å²) in [4.78, 5) is 17.2. The molecule has 9 heteroatoms. The fourth-order valence-corrected chi connectivity index (χ4v) is 3.00. The summed E-state index contributed by atoms with van der Waals surface area (Å²) in [5.74, 6) is -1.25. The lowest BCUT2D eigenvalue weighted by molar-refractivity contribution is 0.116. The summed E-state index contributed by atoms with van der Waals surface area (Å²) in [7, 11) is 0. The second kappa shape index (κ2) is 7.94. The number of aryl methyl sites for hydroxylation is 1. The van der Waals surface area contributed by atoms with Crippen LogP contribution in [0.25, 0.3) is 22.6 Å². The van der Waals surface area contributed by atoms with Crippen molar-refractivity contribution in [3.63, 3.8) is 0 Å². The Hall–Kier alpha value is -3.75. The van der Waals surface area contributed by atoms with Crippen molar-refractivity contribution in [3.8, 4) is 22.6 Å². The molecule has 0 atom stereocenters. The third-order valence-corrected chi connectivity index (χ3v) is 4.59. The van der Waals surface area contributed by atoms with E-state index in [1.165, 1.54) is 22.9 Å². The molecule has 4 aromatic rings. The summed E-state index contributed by atoms with van der Waals surface area (Å²) >= 11 is 0. The minimum atomic E-state index is -2.91. The molecule has 0 fully saturated rings. The molecule has 0 N–H and O–H groups in total. The Balaban J connectivity index is 1.67. The van der Waals surface area contributed by atoms with Crippen LogP contribution in [0.2, 0.25) is 0 Å². The van der Waals surface area contributed by atoms with Gasteiger partial charge in [-0.25, -0.2) is 9.37 Å². The summed E-state index contributed by atoms with van der Waals surface area (Å²) in [6.45, 7) is 1.61. The van der Waals surface area contributed by atoms with Crippen LogP contribution in [0.3, 0.4) is 0 Å². The molecule has 6 nitrogen and oxygen atoms in total. The van der Waals surface area contributed by atoms with Gasteiger partial charge >= 0.3 is 6.43 Å². The predicted molar refractivity (Wildman–Crippen MR) is 102 cm³/mol. The number of nitrogens with zero attached hydrogens (tertiary/aromatic N) is 4. The summed E-state index contributed by atoms with van der Waals surface area (Å²) in [6, 6.07) is 13.1. The topological polar surface area (TPSA) is 73.8 Å². The van der Waals surface area contributed by atoms with E-state index in [0.717, 1.165) is 6.07 Å². The van der Waals surface area contributed by atoms with E-state index in [1.54, 1.807) is 19.1 Å². The van der Waals surface area contributed by atoms with Gasteiger partial charge in [-0.3, -0.25) is 9.36 Å². The van der Waals surface area contributed by atoms with Gasteiger partial charge in [-0.05, 0) is 24.6 Å². The van der Waals surface area contributed by atoms with E-state index in [4.69, 9.17) is 4.42 Å². The van der Waals surface area contributed by atoms with E-state index in [2.05, 4.69) is 15.2 Å². The molecule has 0 aliphatic rings. The molecule has 4 rings (SSSR count). The van der Waals surface area contributed by atoms with Crippen LogP contribution in [0.5, 0.6) is 0 Å². The van der Waals surface area contributed by atoms with Gasteiger partial charge in [-0.15, -0.1) is 10.2 Å². The molecule has 2 aromatic heterocycles. The van der Waals surface area contributed by atoms with Crippen LogP contribution in [0, 0.1) is 12.7 Å². The maximum atomic E-state index is 14.7. The van der Waals surface area contributed by atoms with Gasteiger partial charge < -0.3 is 4.42 Å². The van der Waals surface area contributed by atoms with Crippen molar-refractivity contribution in [2.75, 3.05) is 0 Å². The van der Waals surface area contributed by atoms with Crippen molar-refractivity contribution in [1.29, 1.82) is 0 Å². The number of hydrogen-bond acceptors (Lipinski definition) is 5. The fourth-order valence-electron chi connectivity index (χ4n) is 3.00. The Kier molecular flexibility index (Phi) is 5.18. The third kappa shape index (κ3) is 3.73. The van der Waals surface area contributed by atoms with Crippen molar-refractivity contribution in [2.24, 2.45) is 0 Å². The van der Waals surface area contributed by atoms with E-state index < -0.39 is 18.1 Å². The highest BCUT2D eigenvalue weighted by Crippen LogP contribution is 2.25. The molecule has 0 spiro atoms. The molecule has 0 bridgehead atoms. The van der Waals surface area contributed by atoms with Gasteiger partial charge in [0.25, 0.3) is 11.4 Å². The molecule has 30 heavy (non-hydrogen) atoms. The monoisotopic (exact) mass is 412 g/mol. The first-order chi connectivity index (χ1) is 14.4. The standard InChI is InChI=1S/C21H15F3N4O2/c1-12-25-10-16(13-5-3-2-4-6-13)21(29)28(12)11-15-8-7-14(9-17(15)22)19-26-27-20(30-19)18(23)24/h2-10,18H,11H2,1H3. The van der Waals surface area contributed by atoms with Crippen LogP contribution in [0.4, 0.5) is 13.2 Å². The molecule has 152 valence electrons. The first-order valence-corrected chi connectivity index (χ1v) is 8.96. The second-order valence-electron chi connectivity index (χ2n) is 6.53. The first-order valence-electron chi connectivity index (χ1n) is 8.96. The first kappa shape index (κ1) is 19.6. The lowest BCUT2D eigenvalue weighted by Crippen LogP contribution is -2.25. The number of rotatable bonds is 5. The van der Waals surface area contributed by atoms with Gasteiger partial charge in [0, 0.05) is 17.3 Å². The van der Waals surface area contributed by atoms with E-state index in [-0.39, 0.29) is 29.1 Å². The maximum Gasteiger partial charge on any atom is 0.314 e. The molecule has 0 saturated carbocycles. The highest BCUT2D eigenvalue weighted by Gasteiger charge is 2.18. The van der Waals surface area contributed by atoms with Crippen molar-refractivity contribution in [3.05, 3.63) is 88.2 Å². The zero-order chi connectivity index (χ0) is 21.3. The number of halogens is 3. The molecule has 2 aromatic carbocycles. The average Bonchev–Trinajstić information content (AvgIpc) is 3.23. The van der Waals surface area contributed by atoms with E-state index in [9.17, 15) is 18.0 Å². The van der Waals surface area contributed by atoms with Crippen LogP contribution in [-0.2, 0) is 6.54 Å². The van der Waals surface area contributed by atoms with Crippen LogP contribution in [0.1, 0.15) is 23.7 Å². The highest BCUT2D eigenvalue weighted by molar-refractivity contribution is 5.61. The zero-order valence-electron chi connectivity index (χ0n) is 15.7. The van der Waals surface area contributed by atoms with Crippen molar-refractivity contribution < 1.29 is 17.6 Å². The minimum absolute atomic E-state index is 0.0451. The summed E-state index contributed by atoms with van der Waals surface area (Å²) in [5.41, 5.74) is 1.21. The quantitative estimate of drug-likeness (QED) is 0.486. The van der Waals surface area contributed by atoms with Gasteiger partial charge in [-0.2, -0.15) is 8.78 Å². The van der Waals surface area contributed by atoms with Gasteiger partial charge in [0.05, 0.1) is 12.1 Å². The zero-order valence-corrected chi connectivity index (χ0v) is 15.7. The summed E-state index contributed by atoms with van der Waals surface area (Å²) in [5, 5.41) is 6.74. The summed E-state index contributed by atoms with van der Waals surface area (Å²) < 4.78 is 46.1. The van der Waals surface area contributed by atoms with Crippen LogP contribution >= 0.6 is 0 Å². The SMILES string of the molecule is Cc1ncc(-c2ccccc2)c(=O)n1Cc1ccc(-c2nnc(C(F)F)o2)cc1F. The number of aromatic nitrogens is 4. The van der Waals surface area contributed by atoms with Gasteiger partial charge in [0.15, 0.2) is 0 Å². The van der Waals surface area contributed by atoms with Gasteiger partial charge in [0.2, 0.25) is 5.89 Å². The van der Waals surface area contributed by atoms with E-state index >= 15 is 0 Å². The van der Waals surface area contributed by atoms with Crippen LogP contribution in [0.15, 0.2) is 63.9 Å². The maximum absolute atomic E-state index is 14.7. The molecule has 0 aliphatic carbocycles. The molecule has 0 unspecified atom stereocenters. The molecule has 0 radical (unpaired) electrons. The highest BCUT2D eigenvalue weighted by atomic mass is 19.3. The lowest BCUT2D eigenvalue weighted by Gasteiger charge is -2.12. The molecule has 0 aliphatic heterocycles. The largest absolute Gasteiger partial charge is 0.415 e. The van der Waals surface area contributed by atoms with E-state index in [1.807, 2.05) is 18.2 Å². The number of alkyl halides is 2. The molecule has 0 saturated heterocycles. The Morgan fingerprint density at radius 2 is 1.83 bits per heavy atom. The Morgan fingerprint density at radius 3 is 2.50 bits per heavy atom. The molecule has 0 amide bonds. The molecular weight excluding hydrogens is 397 g/mol. The van der Waals surface area contributed by atoms with Crippen molar-refractivity contribution in [1.82, 2.24) is 19.7 Å². The molecular formula is C21H15F3N4O2. The Bertz CT molecular complexity index is 1250. The van der Waals surface area contributed by atoms with Crippen LogP contribution in [-0.4, -0.2) is 19.7 Å². The van der Waals surface area contributed by atoms with Crippen LogP contribution < -0.4 is 5.56 Å². The second-order valence-corrected chi connectivity index (χ2v) is 6.53. The third-order valence-electron chi connectivity index (χ3n) is 4.59. The smallest absolute Gasteiger partial charge is 0.314 e. The fraction of sp³-hybridized carbons (Fsp3) is 0.143. The normalized spacial score (nSPS) is 11.2. The van der Waals surface area contributed by atoms with Crippen molar-refractivity contribution >= 4 is 0 Å². The average molecular weight is 412 g/mol. The predicted octanol–water partition coefficient (Wildman–Crippen LogP) is 4.39.